The highest BCUT2D eigenvalue weighted by atomic mass is 16.6. The van der Waals surface area contributed by atoms with Crippen LogP contribution in [0.15, 0.2) is 12.2 Å². The van der Waals surface area contributed by atoms with Gasteiger partial charge in [0.15, 0.2) is 6.10 Å². The average Bonchev–Trinajstić information content (AvgIpc) is 3.46. The molecular weight excluding hydrogens is 985 g/mol. The third-order valence-corrected chi connectivity index (χ3v) is 17.0. The summed E-state index contributed by atoms with van der Waals surface area (Å²) in [5, 5.41) is 0. The van der Waals surface area contributed by atoms with Crippen molar-refractivity contribution in [2.45, 2.75) is 431 Å². The van der Waals surface area contributed by atoms with Gasteiger partial charge in [0.25, 0.3) is 0 Å². The lowest BCUT2D eigenvalue weighted by atomic mass is 10.0. The SMILES string of the molecule is CCCCCCCCCC/C=C\CCCCCCCCCCCCCCCCCCCC(=O)OCC(COC(=O)CCCCCCCCCC)OC(=O)CCCCCCCCCCCCCCCCCCCCCCCCCCC. The first-order valence-electron chi connectivity index (χ1n) is 36.7. The van der Waals surface area contributed by atoms with E-state index in [1.54, 1.807) is 0 Å². The summed E-state index contributed by atoms with van der Waals surface area (Å²) < 4.78 is 16.9. The van der Waals surface area contributed by atoms with Crippen LogP contribution >= 0.6 is 0 Å². The zero-order valence-corrected chi connectivity index (χ0v) is 54.6. The largest absolute Gasteiger partial charge is 0.462 e. The molecule has 1 unspecified atom stereocenters. The van der Waals surface area contributed by atoms with Crippen LogP contribution in [0.5, 0.6) is 0 Å². The number of ether oxygens (including phenoxy) is 3. The number of carbonyl (C=O) groups is 3. The second kappa shape index (κ2) is 69.6. The Labute approximate surface area is 501 Å². The van der Waals surface area contributed by atoms with Gasteiger partial charge in [-0.1, -0.05) is 373 Å². The van der Waals surface area contributed by atoms with Crippen molar-refractivity contribution in [1.82, 2.24) is 0 Å². The van der Waals surface area contributed by atoms with Gasteiger partial charge in [0.2, 0.25) is 0 Å². The molecule has 0 aromatic rings. The third kappa shape index (κ3) is 66.9. The molecule has 0 radical (unpaired) electrons. The first-order chi connectivity index (χ1) is 39.5. The molecule has 1 atom stereocenters. The van der Waals surface area contributed by atoms with Crippen LogP contribution in [0.1, 0.15) is 425 Å². The minimum Gasteiger partial charge on any atom is -0.462 e. The van der Waals surface area contributed by atoms with Crippen molar-refractivity contribution in [2.75, 3.05) is 13.2 Å². The van der Waals surface area contributed by atoms with E-state index in [1.807, 2.05) is 0 Å². The minimum absolute atomic E-state index is 0.0627. The van der Waals surface area contributed by atoms with Gasteiger partial charge >= 0.3 is 17.9 Å². The van der Waals surface area contributed by atoms with Crippen molar-refractivity contribution < 1.29 is 28.6 Å². The molecule has 0 saturated heterocycles. The summed E-state index contributed by atoms with van der Waals surface area (Å²) in [4.78, 5) is 38.3. The van der Waals surface area contributed by atoms with E-state index in [-0.39, 0.29) is 31.1 Å². The molecular formula is C74H142O6. The molecule has 474 valence electrons. The monoisotopic (exact) mass is 1130 g/mol. The van der Waals surface area contributed by atoms with Crippen LogP contribution in [0.2, 0.25) is 0 Å². The molecule has 0 aliphatic carbocycles. The summed E-state index contributed by atoms with van der Waals surface area (Å²) in [6.45, 7) is 6.70. The molecule has 0 bridgehead atoms. The van der Waals surface area contributed by atoms with Gasteiger partial charge in [-0.05, 0) is 44.9 Å². The zero-order chi connectivity index (χ0) is 57.8. The molecule has 0 aliphatic rings. The summed E-state index contributed by atoms with van der Waals surface area (Å²) in [5.41, 5.74) is 0. The van der Waals surface area contributed by atoms with Crippen molar-refractivity contribution in [3.8, 4) is 0 Å². The average molecular weight is 1130 g/mol. The lowest BCUT2D eigenvalue weighted by Gasteiger charge is -2.18. The summed E-state index contributed by atoms with van der Waals surface area (Å²) in [5.74, 6) is -0.832. The molecule has 6 nitrogen and oxygen atoms in total. The molecule has 0 heterocycles. The van der Waals surface area contributed by atoms with Crippen molar-refractivity contribution in [1.29, 1.82) is 0 Å². The smallest absolute Gasteiger partial charge is 0.306 e. The summed E-state index contributed by atoms with van der Waals surface area (Å²) in [6, 6.07) is 0. The number of hydrogen-bond donors (Lipinski definition) is 0. The molecule has 0 amide bonds. The molecule has 0 aliphatic heterocycles. The number of carbonyl (C=O) groups excluding carboxylic acids is 3. The normalized spacial score (nSPS) is 12.0. The maximum Gasteiger partial charge on any atom is 0.306 e. The maximum atomic E-state index is 12.9. The second-order valence-electron chi connectivity index (χ2n) is 25.2. The molecule has 0 aromatic carbocycles. The third-order valence-electron chi connectivity index (χ3n) is 17.0. The molecule has 0 N–H and O–H groups in total. The molecule has 0 rings (SSSR count). The topological polar surface area (TPSA) is 78.9 Å². The molecule has 0 spiro atoms. The highest BCUT2D eigenvalue weighted by Gasteiger charge is 2.20. The van der Waals surface area contributed by atoms with E-state index in [0.717, 1.165) is 57.8 Å². The predicted octanol–water partition coefficient (Wildman–Crippen LogP) is 25.2. The summed E-state index contributed by atoms with van der Waals surface area (Å²) in [6.07, 6.45) is 84.3. The number of allylic oxidation sites excluding steroid dienone is 2. The molecule has 6 heteroatoms. The lowest BCUT2D eigenvalue weighted by Crippen LogP contribution is -2.30. The van der Waals surface area contributed by atoms with E-state index < -0.39 is 6.10 Å². The second-order valence-corrected chi connectivity index (χ2v) is 25.2. The Hall–Kier alpha value is -1.85. The van der Waals surface area contributed by atoms with Crippen molar-refractivity contribution in [3.05, 3.63) is 12.2 Å². The van der Waals surface area contributed by atoms with Crippen molar-refractivity contribution >= 4 is 17.9 Å². The van der Waals surface area contributed by atoms with Gasteiger partial charge in [0.1, 0.15) is 13.2 Å². The van der Waals surface area contributed by atoms with E-state index in [4.69, 9.17) is 14.2 Å². The van der Waals surface area contributed by atoms with Gasteiger partial charge < -0.3 is 14.2 Å². The van der Waals surface area contributed by atoms with Gasteiger partial charge in [0, 0.05) is 19.3 Å². The van der Waals surface area contributed by atoms with Crippen LogP contribution in [0.3, 0.4) is 0 Å². The number of unbranched alkanes of at least 4 members (excludes halogenated alkanes) is 56. The van der Waals surface area contributed by atoms with E-state index in [9.17, 15) is 14.4 Å². The summed E-state index contributed by atoms with van der Waals surface area (Å²) in [7, 11) is 0. The number of esters is 3. The molecule has 80 heavy (non-hydrogen) atoms. The van der Waals surface area contributed by atoms with Crippen molar-refractivity contribution in [2.24, 2.45) is 0 Å². The summed E-state index contributed by atoms with van der Waals surface area (Å²) >= 11 is 0. The first kappa shape index (κ1) is 78.1. The quantitative estimate of drug-likeness (QED) is 0.0261. The van der Waals surface area contributed by atoms with Gasteiger partial charge in [0.05, 0.1) is 0 Å². The Bertz CT molecular complexity index is 1250. The van der Waals surface area contributed by atoms with E-state index in [1.165, 1.54) is 327 Å². The predicted molar refractivity (Wildman–Crippen MR) is 349 cm³/mol. The first-order valence-corrected chi connectivity index (χ1v) is 36.7. The zero-order valence-electron chi connectivity index (χ0n) is 54.6. The van der Waals surface area contributed by atoms with Crippen LogP contribution in [0, 0.1) is 0 Å². The Morgan fingerprint density at radius 2 is 0.412 bits per heavy atom. The van der Waals surface area contributed by atoms with Crippen LogP contribution in [0.4, 0.5) is 0 Å². The fourth-order valence-corrected chi connectivity index (χ4v) is 11.5. The highest BCUT2D eigenvalue weighted by molar-refractivity contribution is 5.71. The standard InChI is InChI=1S/C74H142O6/c1-4-7-10-13-16-19-21-23-25-27-29-31-33-35-36-37-38-40-41-43-45-47-49-51-53-55-58-61-64-67-73(76)79-70-71(69-78-72(75)66-63-60-57-18-15-12-9-6-3)80-74(77)68-65-62-59-56-54-52-50-48-46-44-42-39-34-32-30-28-26-24-22-20-17-14-11-8-5-2/h27,29,71H,4-26,28,30-70H2,1-3H3/b29-27-. The Morgan fingerprint density at radius 1 is 0.237 bits per heavy atom. The Balaban J connectivity index is 4.02. The van der Waals surface area contributed by atoms with Crippen LogP contribution in [0.25, 0.3) is 0 Å². The van der Waals surface area contributed by atoms with E-state index in [0.29, 0.717) is 19.3 Å². The van der Waals surface area contributed by atoms with Gasteiger partial charge in [-0.3, -0.25) is 14.4 Å². The minimum atomic E-state index is -0.764. The van der Waals surface area contributed by atoms with E-state index >= 15 is 0 Å². The molecule has 0 aromatic heterocycles. The Kier molecular flexibility index (Phi) is 68.0. The van der Waals surface area contributed by atoms with Gasteiger partial charge in [-0.15, -0.1) is 0 Å². The fraction of sp³-hybridized carbons (Fsp3) is 0.932. The molecule has 0 saturated carbocycles. The van der Waals surface area contributed by atoms with Crippen LogP contribution in [-0.2, 0) is 28.6 Å². The Morgan fingerprint density at radius 3 is 0.625 bits per heavy atom. The number of hydrogen-bond acceptors (Lipinski definition) is 6. The maximum absolute atomic E-state index is 12.9. The fourth-order valence-electron chi connectivity index (χ4n) is 11.5. The van der Waals surface area contributed by atoms with Crippen molar-refractivity contribution in [3.63, 3.8) is 0 Å². The van der Waals surface area contributed by atoms with Gasteiger partial charge in [-0.25, -0.2) is 0 Å². The van der Waals surface area contributed by atoms with Crippen LogP contribution < -0.4 is 0 Å². The number of rotatable bonds is 69. The van der Waals surface area contributed by atoms with Gasteiger partial charge in [-0.2, -0.15) is 0 Å². The lowest BCUT2D eigenvalue weighted by molar-refractivity contribution is -0.167. The van der Waals surface area contributed by atoms with Crippen LogP contribution in [-0.4, -0.2) is 37.2 Å². The van der Waals surface area contributed by atoms with E-state index in [2.05, 4.69) is 32.9 Å². The highest BCUT2D eigenvalue weighted by Crippen LogP contribution is 2.19. The molecule has 0 fully saturated rings.